The summed E-state index contributed by atoms with van der Waals surface area (Å²) < 4.78 is 0. The van der Waals surface area contributed by atoms with E-state index in [1.165, 1.54) is 72.3 Å². The number of rotatable bonds is 11. The first kappa shape index (κ1) is 20.8. The van der Waals surface area contributed by atoms with Crippen LogP contribution in [0.25, 0.3) is 0 Å². The zero-order valence-electron chi connectivity index (χ0n) is 13.9. The molecule has 0 unspecified atom stereocenters. The number of nitrogens with zero attached hydrogens (tertiary/aromatic N) is 3. The molecule has 0 aliphatic heterocycles. The lowest BCUT2D eigenvalue weighted by Crippen LogP contribution is -2.12. The Morgan fingerprint density at radius 1 is 0.684 bits per heavy atom. The van der Waals surface area contributed by atoms with Crippen molar-refractivity contribution in [3.63, 3.8) is 0 Å². The molecule has 0 saturated heterocycles. The Bertz CT molecular complexity index is 184. The van der Waals surface area contributed by atoms with Gasteiger partial charge in [-0.2, -0.15) is 0 Å². The second-order valence-corrected chi connectivity index (χ2v) is 5.66. The normalized spacial score (nSPS) is 10.2. The number of nitriles is 1. The van der Waals surface area contributed by atoms with E-state index in [1.54, 1.807) is 5.97 Å². The van der Waals surface area contributed by atoms with Crippen LogP contribution in [-0.2, 0) is 0 Å². The maximum absolute atomic E-state index is 7.32. The fraction of sp³-hybridized carbons (Fsp3) is 0.933. The van der Waals surface area contributed by atoms with Crippen LogP contribution in [0.1, 0.15) is 51.4 Å². The second-order valence-electron chi connectivity index (χ2n) is 5.66. The molecular weight excluding hydrogens is 233 g/mol. The van der Waals surface area contributed by atoms with E-state index in [9.17, 15) is 0 Å². The number of hydrogen-bond donors (Lipinski definition) is 0. The molecule has 0 heterocycles. The van der Waals surface area contributed by atoms with Crippen molar-refractivity contribution in [1.82, 2.24) is 9.80 Å². The van der Waals surface area contributed by atoms with Gasteiger partial charge in [0.2, 0.25) is 7.85 Å². The van der Waals surface area contributed by atoms with Crippen LogP contribution in [0.4, 0.5) is 0 Å². The molecule has 0 aromatic heterocycles. The van der Waals surface area contributed by atoms with Crippen LogP contribution in [0, 0.1) is 11.2 Å². The lowest BCUT2D eigenvalue weighted by atomic mass is 10.1. The summed E-state index contributed by atoms with van der Waals surface area (Å²) in [5.41, 5.74) is 0. The van der Waals surface area contributed by atoms with Gasteiger partial charge in [-0.15, -0.1) is 0 Å². The lowest BCUT2D eigenvalue weighted by Gasteiger charge is -2.09. The molecule has 19 heavy (non-hydrogen) atoms. The van der Waals surface area contributed by atoms with Crippen LogP contribution in [0.2, 0.25) is 0 Å². The van der Waals surface area contributed by atoms with Gasteiger partial charge in [-0.1, -0.05) is 38.5 Å². The highest BCUT2D eigenvalue weighted by Crippen LogP contribution is 2.08. The highest BCUT2D eigenvalue weighted by atomic mass is 15.0. The van der Waals surface area contributed by atoms with E-state index in [0.29, 0.717) is 0 Å². The average molecular weight is 267 g/mol. The summed E-state index contributed by atoms with van der Waals surface area (Å²) in [4.78, 5) is 4.56. The first-order valence-electron chi connectivity index (χ1n) is 7.64. The molecule has 0 aliphatic carbocycles. The summed E-state index contributed by atoms with van der Waals surface area (Å²) in [5, 5.41) is 7.32. The van der Waals surface area contributed by atoms with Gasteiger partial charge < -0.3 is 9.80 Å². The molecule has 0 rings (SSSR count). The Morgan fingerprint density at radius 2 is 0.895 bits per heavy atom. The fourth-order valence-corrected chi connectivity index (χ4v) is 1.92. The maximum atomic E-state index is 7.32. The van der Waals surface area contributed by atoms with Crippen LogP contribution in [0.15, 0.2) is 0 Å². The van der Waals surface area contributed by atoms with Gasteiger partial charge >= 0.3 is 0 Å². The number of unbranched alkanes of at least 4 members (excludes halogenated alkanes) is 7. The summed E-state index contributed by atoms with van der Waals surface area (Å²) in [5.74, 6) is 1.75. The summed E-state index contributed by atoms with van der Waals surface area (Å²) in [7, 11) is 10.1. The van der Waals surface area contributed by atoms with Crippen molar-refractivity contribution < 1.29 is 0 Å². The van der Waals surface area contributed by atoms with Crippen molar-refractivity contribution in [3.8, 4) is 5.97 Å². The molecule has 0 aromatic carbocycles. The highest BCUT2D eigenvalue weighted by molar-refractivity contribution is 6.20. The van der Waals surface area contributed by atoms with Crippen LogP contribution in [0.5, 0.6) is 0 Å². The van der Waals surface area contributed by atoms with E-state index >= 15 is 0 Å². The Morgan fingerprint density at radius 3 is 1.11 bits per heavy atom. The van der Waals surface area contributed by atoms with Gasteiger partial charge in [-0.3, -0.25) is 0 Å². The van der Waals surface area contributed by atoms with Gasteiger partial charge in [0.05, 0.1) is 0 Å². The molecule has 0 atom stereocenters. The fourth-order valence-electron chi connectivity index (χ4n) is 1.92. The van der Waals surface area contributed by atoms with Crippen molar-refractivity contribution in [2.45, 2.75) is 51.4 Å². The summed E-state index contributed by atoms with van der Waals surface area (Å²) in [6.07, 6.45) is 11.3. The SMILES string of the molecule is BC#N.CN(C)CCCCCCCCCCN(C)C. The largest absolute Gasteiger partial charge is 0.309 e. The smallest absolute Gasteiger partial charge is 0.232 e. The minimum atomic E-state index is 1.25. The second kappa shape index (κ2) is 17.5. The quantitative estimate of drug-likeness (QED) is 0.425. The van der Waals surface area contributed by atoms with Gasteiger partial charge in [0, 0.05) is 0 Å². The Labute approximate surface area is 122 Å². The minimum Gasteiger partial charge on any atom is -0.309 e. The van der Waals surface area contributed by atoms with Crippen molar-refractivity contribution in [1.29, 1.82) is 5.26 Å². The zero-order chi connectivity index (χ0) is 14.9. The molecule has 4 heteroatoms. The molecule has 0 fully saturated rings. The maximum Gasteiger partial charge on any atom is 0.232 e. The van der Waals surface area contributed by atoms with Gasteiger partial charge in [-0.25, -0.2) is 5.26 Å². The van der Waals surface area contributed by atoms with E-state index in [2.05, 4.69) is 38.0 Å². The van der Waals surface area contributed by atoms with Crippen molar-refractivity contribution >= 4 is 7.85 Å². The summed E-state index contributed by atoms with van der Waals surface area (Å²) >= 11 is 0. The van der Waals surface area contributed by atoms with E-state index in [0.717, 1.165) is 0 Å². The molecule has 0 aromatic rings. The van der Waals surface area contributed by atoms with E-state index < -0.39 is 0 Å². The Hall–Kier alpha value is -0.525. The minimum absolute atomic E-state index is 1.25. The third-order valence-electron chi connectivity index (χ3n) is 2.96. The van der Waals surface area contributed by atoms with Crippen molar-refractivity contribution in [2.24, 2.45) is 0 Å². The molecule has 0 N–H and O–H groups in total. The van der Waals surface area contributed by atoms with E-state index in [1.807, 2.05) is 0 Å². The van der Waals surface area contributed by atoms with Crippen LogP contribution in [-0.4, -0.2) is 58.9 Å². The van der Waals surface area contributed by atoms with Gasteiger partial charge in [0.1, 0.15) is 0 Å². The first-order chi connectivity index (χ1) is 9.04. The standard InChI is InChI=1S/C14H32N2.CH2BN/c1-15(2)13-11-9-7-5-6-8-10-12-14-16(3)4;2-1-3/h5-14H2,1-4H3;2H2. The predicted octanol–water partition coefficient (Wildman–Crippen LogP) is 2.33. The molecule has 0 radical (unpaired) electrons. The van der Waals surface area contributed by atoms with E-state index in [-0.39, 0.29) is 0 Å². The van der Waals surface area contributed by atoms with E-state index in [4.69, 9.17) is 5.26 Å². The van der Waals surface area contributed by atoms with Crippen molar-refractivity contribution in [2.75, 3.05) is 41.3 Å². The number of hydrogen-bond acceptors (Lipinski definition) is 3. The third-order valence-corrected chi connectivity index (χ3v) is 2.96. The van der Waals surface area contributed by atoms with Gasteiger partial charge in [0.25, 0.3) is 0 Å². The molecule has 0 aliphatic rings. The van der Waals surface area contributed by atoms with Crippen LogP contribution in [0.3, 0.4) is 0 Å². The Kier molecular flexibility index (Phi) is 19.1. The molecule has 0 saturated carbocycles. The highest BCUT2D eigenvalue weighted by Gasteiger charge is 1.94. The molecule has 0 amide bonds. The first-order valence-corrected chi connectivity index (χ1v) is 7.64. The molecule has 3 nitrogen and oxygen atoms in total. The topological polar surface area (TPSA) is 30.3 Å². The van der Waals surface area contributed by atoms with Gasteiger partial charge in [0.15, 0.2) is 0 Å². The molecule has 0 bridgehead atoms. The summed E-state index contributed by atoms with van der Waals surface area (Å²) in [6, 6.07) is 0. The lowest BCUT2D eigenvalue weighted by molar-refractivity contribution is 0.384. The van der Waals surface area contributed by atoms with Crippen LogP contribution < -0.4 is 0 Å². The monoisotopic (exact) mass is 267 g/mol. The van der Waals surface area contributed by atoms with Gasteiger partial charge in [-0.05, 0) is 60.1 Å². The molecule has 0 spiro atoms. The zero-order valence-corrected chi connectivity index (χ0v) is 13.9. The van der Waals surface area contributed by atoms with Crippen LogP contribution >= 0.6 is 0 Å². The predicted molar refractivity (Wildman–Crippen MR) is 88.2 cm³/mol. The molecular formula is C15H34BN3. The van der Waals surface area contributed by atoms with Crippen molar-refractivity contribution in [3.05, 3.63) is 0 Å². The summed E-state index contributed by atoms with van der Waals surface area (Å²) in [6.45, 7) is 2.51. The average Bonchev–Trinajstić information content (AvgIpc) is 2.32. The Balaban J connectivity index is 0. The molecule has 112 valence electrons. The third kappa shape index (κ3) is 26.9.